The quantitative estimate of drug-likeness (QED) is 0.764. The number of nitrogens with zero attached hydrogens (tertiary/aromatic N) is 2. The van der Waals surface area contributed by atoms with Gasteiger partial charge in [0, 0.05) is 29.4 Å². The van der Waals surface area contributed by atoms with Crippen LogP contribution in [0.2, 0.25) is 5.02 Å². The molecule has 0 amide bonds. The first-order valence-corrected chi connectivity index (χ1v) is 7.24. The van der Waals surface area contributed by atoms with Crippen LogP contribution in [0.5, 0.6) is 0 Å². The number of fused-ring (bicyclic) bond motifs is 1. The van der Waals surface area contributed by atoms with Gasteiger partial charge in [-0.2, -0.15) is 5.10 Å². The summed E-state index contributed by atoms with van der Waals surface area (Å²) >= 11 is 6.41. The maximum atomic E-state index is 6.41. The summed E-state index contributed by atoms with van der Waals surface area (Å²) < 4.78 is 0. The molecule has 0 aliphatic heterocycles. The molecule has 0 atom stereocenters. The van der Waals surface area contributed by atoms with E-state index in [1.165, 1.54) is 5.56 Å². The van der Waals surface area contributed by atoms with Crippen LogP contribution in [0, 0.1) is 20.8 Å². The Bertz CT molecular complexity index is 788. The molecule has 2 aromatic heterocycles. The van der Waals surface area contributed by atoms with Gasteiger partial charge in [-0.3, -0.25) is 10.1 Å². The Kier molecular flexibility index (Phi) is 3.55. The number of pyridine rings is 1. The minimum Gasteiger partial charge on any atom is -0.379 e. The number of nitrogens with one attached hydrogen (secondary N) is 2. The molecule has 0 bridgehead atoms. The van der Waals surface area contributed by atoms with Gasteiger partial charge in [-0.05, 0) is 44.5 Å². The molecule has 0 spiro atoms. The maximum Gasteiger partial charge on any atom is 0.0752 e. The van der Waals surface area contributed by atoms with Gasteiger partial charge in [0.1, 0.15) is 0 Å². The monoisotopic (exact) mass is 300 g/mol. The van der Waals surface area contributed by atoms with Crippen LogP contribution in [0.1, 0.15) is 22.5 Å². The lowest BCUT2D eigenvalue weighted by Gasteiger charge is -2.13. The second kappa shape index (κ2) is 5.37. The highest BCUT2D eigenvalue weighted by Crippen LogP contribution is 2.33. The van der Waals surface area contributed by atoms with E-state index < -0.39 is 0 Å². The molecule has 0 unspecified atom stereocenters. The summed E-state index contributed by atoms with van der Waals surface area (Å²) in [7, 11) is 0. The van der Waals surface area contributed by atoms with Crippen molar-refractivity contribution in [2.24, 2.45) is 0 Å². The Labute approximate surface area is 128 Å². The van der Waals surface area contributed by atoms with E-state index >= 15 is 0 Å². The van der Waals surface area contributed by atoms with E-state index in [4.69, 9.17) is 11.6 Å². The summed E-state index contributed by atoms with van der Waals surface area (Å²) in [6.45, 7) is 6.72. The molecule has 0 saturated heterocycles. The molecule has 1 aromatic carbocycles. The number of aromatic amines is 1. The Hall–Kier alpha value is -2.07. The zero-order valence-corrected chi connectivity index (χ0v) is 13.0. The topological polar surface area (TPSA) is 53.6 Å². The highest BCUT2D eigenvalue weighted by molar-refractivity contribution is 6.35. The first-order valence-electron chi connectivity index (χ1n) is 6.86. The largest absolute Gasteiger partial charge is 0.379 e. The molecule has 21 heavy (non-hydrogen) atoms. The lowest BCUT2D eigenvalue weighted by atomic mass is 10.1. The van der Waals surface area contributed by atoms with E-state index in [0.29, 0.717) is 11.6 Å². The number of hydrogen-bond donors (Lipinski definition) is 2. The van der Waals surface area contributed by atoms with E-state index in [1.54, 1.807) is 6.20 Å². The van der Waals surface area contributed by atoms with Gasteiger partial charge >= 0.3 is 0 Å². The lowest BCUT2D eigenvalue weighted by Crippen LogP contribution is -2.03. The predicted octanol–water partition coefficient (Wildman–Crippen LogP) is 4.15. The third-order valence-electron chi connectivity index (χ3n) is 3.76. The van der Waals surface area contributed by atoms with Gasteiger partial charge in [-0.25, -0.2) is 0 Å². The summed E-state index contributed by atoms with van der Waals surface area (Å²) in [5.74, 6) is 0. The zero-order chi connectivity index (χ0) is 15.0. The Morgan fingerprint density at radius 3 is 2.81 bits per heavy atom. The molecule has 5 heteroatoms. The second-order valence-corrected chi connectivity index (χ2v) is 5.62. The highest BCUT2D eigenvalue weighted by atomic mass is 35.5. The van der Waals surface area contributed by atoms with Crippen LogP contribution in [0.25, 0.3) is 10.9 Å². The average molecular weight is 301 g/mol. The van der Waals surface area contributed by atoms with Crippen LogP contribution < -0.4 is 5.32 Å². The Morgan fingerprint density at radius 2 is 2.10 bits per heavy atom. The number of H-pyrrole nitrogens is 1. The second-order valence-electron chi connectivity index (χ2n) is 5.22. The molecule has 3 aromatic rings. The number of halogens is 1. The van der Waals surface area contributed by atoms with Crippen LogP contribution in [0.15, 0.2) is 24.4 Å². The first-order chi connectivity index (χ1) is 10.1. The van der Waals surface area contributed by atoms with Crippen LogP contribution >= 0.6 is 11.6 Å². The molecule has 0 aliphatic rings. The highest BCUT2D eigenvalue weighted by Gasteiger charge is 2.11. The van der Waals surface area contributed by atoms with Crippen molar-refractivity contribution in [3.05, 3.63) is 51.9 Å². The molecule has 0 radical (unpaired) electrons. The lowest BCUT2D eigenvalue weighted by molar-refractivity contribution is 1.02. The summed E-state index contributed by atoms with van der Waals surface area (Å²) in [5.41, 5.74) is 6.23. The van der Waals surface area contributed by atoms with Crippen molar-refractivity contribution in [2.75, 3.05) is 5.32 Å². The third kappa shape index (κ3) is 2.47. The van der Waals surface area contributed by atoms with Crippen LogP contribution in [0.4, 0.5) is 5.69 Å². The molecule has 0 aliphatic carbocycles. The number of rotatable bonds is 3. The van der Waals surface area contributed by atoms with Gasteiger partial charge in [0.15, 0.2) is 0 Å². The van der Waals surface area contributed by atoms with Crippen molar-refractivity contribution in [1.29, 1.82) is 0 Å². The van der Waals surface area contributed by atoms with Crippen molar-refractivity contribution in [1.82, 2.24) is 15.2 Å². The molecule has 2 N–H and O–H groups in total. The summed E-state index contributed by atoms with van der Waals surface area (Å²) in [6.07, 6.45) is 1.80. The molecule has 108 valence electrons. The maximum absolute atomic E-state index is 6.41. The Balaban J connectivity index is 2.01. The van der Waals surface area contributed by atoms with Crippen molar-refractivity contribution in [2.45, 2.75) is 27.3 Å². The van der Waals surface area contributed by atoms with E-state index in [0.717, 1.165) is 33.5 Å². The minimum absolute atomic E-state index is 0.681. The van der Waals surface area contributed by atoms with E-state index in [2.05, 4.69) is 20.5 Å². The van der Waals surface area contributed by atoms with Gasteiger partial charge < -0.3 is 5.32 Å². The van der Waals surface area contributed by atoms with Crippen LogP contribution in [-0.4, -0.2) is 15.2 Å². The van der Waals surface area contributed by atoms with E-state index in [-0.39, 0.29) is 0 Å². The van der Waals surface area contributed by atoms with Gasteiger partial charge in [-0.15, -0.1) is 0 Å². The number of hydrogen-bond acceptors (Lipinski definition) is 3. The molecular formula is C16H17ClN4. The molecular weight excluding hydrogens is 284 g/mol. The van der Waals surface area contributed by atoms with Crippen LogP contribution in [0.3, 0.4) is 0 Å². The summed E-state index contributed by atoms with van der Waals surface area (Å²) in [4.78, 5) is 4.45. The Morgan fingerprint density at radius 1 is 1.29 bits per heavy atom. The SMILES string of the molecule is Cc1n[nH]c(C)c1CNc1c(Cl)cc(C)c2ncccc12. The van der Waals surface area contributed by atoms with Crippen molar-refractivity contribution >= 4 is 28.2 Å². The third-order valence-corrected chi connectivity index (χ3v) is 4.05. The molecule has 0 saturated carbocycles. The average Bonchev–Trinajstić information content (AvgIpc) is 2.78. The molecule has 4 nitrogen and oxygen atoms in total. The van der Waals surface area contributed by atoms with Crippen molar-refractivity contribution in [3.63, 3.8) is 0 Å². The number of benzene rings is 1. The fraction of sp³-hybridized carbons (Fsp3) is 0.250. The minimum atomic E-state index is 0.681. The molecule has 0 fully saturated rings. The van der Waals surface area contributed by atoms with Gasteiger partial charge in [0.05, 0.1) is 21.9 Å². The van der Waals surface area contributed by atoms with E-state index in [9.17, 15) is 0 Å². The standard InChI is InChI=1S/C16H17ClN4/c1-9-7-14(17)16(12-5-4-6-18-15(9)12)19-8-13-10(2)20-21-11(13)3/h4-7,19H,8H2,1-3H3,(H,20,21). The summed E-state index contributed by atoms with van der Waals surface area (Å²) in [6, 6.07) is 5.92. The van der Waals surface area contributed by atoms with Crippen molar-refractivity contribution in [3.8, 4) is 0 Å². The number of anilines is 1. The van der Waals surface area contributed by atoms with Gasteiger partial charge in [0.25, 0.3) is 0 Å². The zero-order valence-electron chi connectivity index (χ0n) is 12.3. The molecule has 2 heterocycles. The fourth-order valence-corrected chi connectivity index (χ4v) is 2.90. The fourth-order valence-electron chi connectivity index (χ4n) is 2.57. The van der Waals surface area contributed by atoms with Crippen LogP contribution in [-0.2, 0) is 6.54 Å². The smallest absolute Gasteiger partial charge is 0.0752 e. The van der Waals surface area contributed by atoms with Crippen molar-refractivity contribution < 1.29 is 0 Å². The predicted molar refractivity (Wildman–Crippen MR) is 86.9 cm³/mol. The molecule has 3 rings (SSSR count). The van der Waals surface area contributed by atoms with E-state index in [1.807, 2.05) is 39.0 Å². The number of aromatic nitrogens is 3. The first kappa shape index (κ1) is 13.9. The van der Waals surface area contributed by atoms with Gasteiger partial charge in [0.2, 0.25) is 0 Å². The summed E-state index contributed by atoms with van der Waals surface area (Å²) in [5, 5.41) is 12.4. The normalized spacial score (nSPS) is 11.0. The number of aryl methyl sites for hydroxylation is 3. The van der Waals surface area contributed by atoms with Gasteiger partial charge in [-0.1, -0.05) is 11.6 Å².